The van der Waals surface area contributed by atoms with Crippen LogP contribution in [0.3, 0.4) is 0 Å². The zero-order chi connectivity index (χ0) is 20.5. The van der Waals surface area contributed by atoms with Crippen LogP contribution >= 0.6 is 0 Å². The summed E-state index contributed by atoms with van der Waals surface area (Å²) in [5.41, 5.74) is 1.33. The Morgan fingerprint density at radius 3 is 1.86 bits per heavy atom. The molecule has 0 saturated heterocycles. The third-order valence-electron chi connectivity index (χ3n) is 3.91. The summed E-state index contributed by atoms with van der Waals surface area (Å²) in [4.78, 5) is 25.8. The first kappa shape index (κ1) is 21.1. The molecule has 0 aliphatic carbocycles. The number of nitrogens with one attached hydrogen (secondary N) is 1. The number of nitrogens with zero attached hydrogens (tertiary/aromatic N) is 1. The van der Waals surface area contributed by atoms with Crippen molar-refractivity contribution in [3.8, 4) is 0 Å². The standard InChI is InChI=1S/C21H22F2N2O3/c1-2-11-24-21(28)19(26)12-20(27)25(13-15-3-7-17(22)8-4-15)14-16-5-9-18(23)10-6-16/h3-10,12,26H,2,11,13-14H2,1H3,(H,24,28)/b19-12-. The largest absolute Gasteiger partial charge is 0.503 e. The van der Waals surface area contributed by atoms with Crippen LogP contribution < -0.4 is 5.32 Å². The van der Waals surface area contributed by atoms with Gasteiger partial charge in [-0.2, -0.15) is 0 Å². The lowest BCUT2D eigenvalue weighted by Crippen LogP contribution is -2.31. The summed E-state index contributed by atoms with van der Waals surface area (Å²) in [6.07, 6.45) is 1.53. The number of hydrogen-bond acceptors (Lipinski definition) is 3. The number of aliphatic hydroxyl groups is 1. The molecule has 2 aromatic rings. The maximum atomic E-state index is 13.1. The molecule has 5 nitrogen and oxygen atoms in total. The molecule has 0 unspecified atom stereocenters. The number of benzene rings is 2. The lowest BCUT2D eigenvalue weighted by Gasteiger charge is -2.22. The van der Waals surface area contributed by atoms with E-state index in [0.29, 0.717) is 24.1 Å². The Morgan fingerprint density at radius 1 is 0.964 bits per heavy atom. The molecule has 7 heteroatoms. The molecule has 0 heterocycles. The lowest BCUT2D eigenvalue weighted by atomic mass is 10.1. The van der Waals surface area contributed by atoms with Crippen molar-refractivity contribution in [1.82, 2.24) is 10.2 Å². The first-order valence-corrected chi connectivity index (χ1v) is 8.85. The second kappa shape index (κ2) is 10.2. The van der Waals surface area contributed by atoms with E-state index >= 15 is 0 Å². The SMILES string of the molecule is CCCNC(=O)/C(O)=C/C(=O)N(Cc1ccc(F)cc1)Cc1ccc(F)cc1. The van der Waals surface area contributed by atoms with Crippen LogP contribution in [-0.2, 0) is 22.7 Å². The van der Waals surface area contributed by atoms with Crippen LogP contribution in [0.4, 0.5) is 8.78 Å². The highest BCUT2D eigenvalue weighted by atomic mass is 19.1. The summed E-state index contributed by atoms with van der Waals surface area (Å²) < 4.78 is 26.3. The van der Waals surface area contributed by atoms with Gasteiger partial charge >= 0.3 is 0 Å². The van der Waals surface area contributed by atoms with Crippen molar-refractivity contribution in [3.63, 3.8) is 0 Å². The van der Waals surface area contributed by atoms with E-state index in [-0.39, 0.29) is 13.1 Å². The van der Waals surface area contributed by atoms with Gasteiger partial charge in [-0.25, -0.2) is 8.78 Å². The molecule has 0 fully saturated rings. The second-order valence-electron chi connectivity index (χ2n) is 6.23. The molecule has 2 N–H and O–H groups in total. The fourth-order valence-electron chi connectivity index (χ4n) is 2.44. The van der Waals surface area contributed by atoms with Crippen LogP contribution in [0.2, 0.25) is 0 Å². The number of hydrogen-bond donors (Lipinski definition) is 2. The summed E-state index contributed by atoms with van der Waals surface area (Å²) in [5, 5.41) is 12.3. The highest BCUT2D eigenvalue weighted by Gasteiger charge is 2.16. The van der Waals surface area contributed by atoms with Crippen molar-refractivity contribution in [2.45, 2.75) is 26.4 Å². The van der Waals surface area contributed by atoms with Crippen LogP contribution in [0.5, 0.6) is 0 Å². The molecule has 2 aromatic carbocycles. The Hall–Kier alpha value is -3.22. The van der Waals surface area contributed by atoms with Gasteiger partial charge in [-0.3, -0.25) is 9.59 Å². The Labute approximate surface area is 162 Å². The molecule has 28 heavy (non-hydrogen) atoms. The van der Waals surface area contributed by atoms with Crippen LogP contribution in [0, 0.1) is 11.6 Å². The maximum absolute atomic E-state index is 13.1. The summed E-state index contributed by atoms with van der Waals surface area (Å²) in [7, 11) is 0. The minimum Gasteiger partial charge on any atom is -0.503 e. The minimum atomic E-state index is -0.737. The van der Waals surface area contributed by atoms with Crippen LogP contribution in [0.15, 0.2) is 60.4 Å². The van der Waals surface area contributed by atoms with Crippen LogP contribution in [0.1, 0.15) is 24.5 Å². The second-order valence-corrected chi connectivity index (χ2v) is 6.23. The fourth-order valence-corrected chi connectivity index (χ4v) is 2.44. The molecule has 2 rings (SSSR count). The summed E-state index contributed by atoms with van der Waals surface area (Å²) >= 11 is 0. The van der Waals surface area contributed by atoms with Crippen molar-refractivity contribution in [3.05, 3.63) is 83.1 Å². The highest BCUT2D eigenvalue weighted by Crippen LogP contribution is 2.13. The quantitative estimate of drug-likeness (QED) is 0.538. The maximum Gasteiger partial charge on any atom is 0.286 e. The topological polar surface area (TPSA) is 69.6 Å². The van der Waals surface area contributed by atoms with E-state index in [1.807, 2.05) is 6.92 Å². The molecular weight excluding hydrogens is 366 g/mol. The molecule has 0 bridgehead atoms. The molecule has 0 spiro atoms. The van der Waals surface area contributed by atoms with E-state index in [1.165, 1.54) is 53.4 Å². The number of carbonyl (C=O) groups is 2. The van der Waals surface area contributed by atoms with E-state index in [1.54, 1.807) is 0 Å². The normalized spacial score (nSPS) is 11.2. The molecule has 0 aliphatic rings. The summed E-state index contributed by atoms with van der Waals surface area (Å²) in [5.74, 6) is -2.83. The van der Waals surface area contributed by atoms with E-state index in [2.05, 4.69) is 5.32 Å². The number of halogens is 2. The minimum absolute atomic E-state index is 0.122. The van der Waals surface area contributed by atoms with Crippen molar-refractivity contribution in [2.24, 2.45) is 0 Å². The monoisotopic (exact) mass is 388 g/mol. The molecule has 0 atom stereocenters. The van der Waals surface area contributed by atoms with Crippen molar-refractivity contribution in [1.29, 1.82) is 0 Å². The molecule has 0 saturated carbocycles. The van der Waals surface area contributed by atoms with Gasteiger partial charge < -0.3 is 15.3 Å². The first-order valence-electron chi connectivity index (χ1n) is 8.85. The zero-order valence-electron chi connectivity index (χ0n) is 15.5. The highest BCUT2D eigenvalue weighted by molar-refractivity contribution is 5.99. The van der Waals surface area contributed by atoms with Crippen molar-refractivity contribution < 1.29 is 23.5 Å². The third kappa shape index (κ3) is 6.50. The van der Waals surface area contributed by atoms with Crippen LogP contribution in [0.25, 0.3) is 0 Å². The average Bonchev–Trinajstić information content (AvgIpc) is 2.68. The first-order chi connectivity index (χ1) is 13.4. The van der Waals surface area contributed by atoms with Crippen molar-refractivity contribution in [2.75, 3.05) is 6.54 Å². The van der Waals surface area contributed by atoms with E-state index in [9.17, 15) is 23.5 Å². The molecule has 0 radical (unpaired) electrons. The van der Waals surface area contributed by atoms with Crippen LogP contribution in [-0.4, -0.2) is 28.4 Å². The van der Waals surface area contributed by atoms with Gasteiger partial charge in [-0.15, -0.1) is 0 Å². The van der Waals surface area contributed by atoms with Gasteiger partial charge in [-0.1, -0.05) is 31.2 Å². The van der Waals surface area contributed by atoms with Gasteiger partial charge in [0.2, 0.25) is 0 Å². The molecule has 2 amide bonds. The number of aliphatic hydroxyl groups excluding tert-OH is 1. The Balaban J connectivity index is 2.20. The average molecular weight is 388 g/mol. The lowest BCUT2D eigenvalue weighted by molar-refractivity contribution is -0.128. The Bertz CT molecular complexity index is 786. The fraction of sp³-hybridized carbons (Fsp3) is 0.238. The molecule has 0 aromatic heterocycles. The smallest absolute Gasteiger partial charge is 0.286 e. The zero-order valence-corrected chi connectivity index (χ0v) is 15.5. The van der Waals surface area contributed by atoms with Gasteiger partial charge in [0.25, 0.3) is 11.8 Å². The van der Waals surface area contributed by atoms with Gasteiger partial charge in [0, 0.05) is 19.6 Å². The van der Waals surface area contributed by atoms with Gasteiger partial charge in [0.15, 0.2) is 5.76 Å². The molecule has 148 valence electrons. The molecular formula is C21H22F2N2O3. The van der Waals surface area contributed by atoms with Gasteiger partial charge in [0.1, 0.15) is 11.6 Å². The summed E-state index contributed by atoms with van der Waals surface area (Å²) in [6.45, 7) is 2.48. The van der Waals surface area contributed by atoms with Gasteiger partial charge in [-0.05, 0) is 41.8 Å². The predicted molar refractivity (Wildman–Crippen MR) is 101 cm³/mol. The molecule has 0 aliphatic heterocycles. The number of carbonyl (C=O) groups excluding carboxylic acids is 2. The third-order valence-corrected chi connectivity index (χ3v) is 3.91. The van der Waals surface area contributed by atoms with Gasteiger partial charge in [0.05, 0.1) is 6.08 Å². The Kier molecular flexibility index (Phi) is 7.68. The summed E-state index contributed by atoms with van der Waals surface area (Å²) in [6, 6.07) is 11.3. The van der Waals surface area contributed by atoms with E-state index in [0.717, 1.165) is 6.08 Å². The van der Waals surface area contributed by atoms with Crippen molar-refractivity contribution >= 4 is 11.8 Å². The van der Waals surface area contributed by atoms with E-state index in [4.69, 9.17) is 0 Å². The Morgan fingerprint density at radius 2 is 1.43 bits per heavy atom. The van der Waals surface area contributed by atoms with E-state index < -0.39 is 29.2 Å². The number of amides is 2. The predicted octanol–water partition coefficient (Wildman–Crippen LogP) is 3.46. The number of rotatable bonds is 8.